The van der Waals surface area contributed by atoms with E-state index in [2.05, 4.69) is 0 Å². The fraction of sp³-hybridized carbons (Fsp3) is 0.923. The van der Waals surface area contributed by atoms with Crippen molar-refractivity contribution in [1.29, 1.82) is 0 Å². The predicted molar refractivity (Wildman–Crippen MR) is 61.7 cm³/mol. The number of carbonyl (C=O) groups excluding carboxylic acids is 1. The maximum atomic E-state index is 11.2. The number of aliphatic hydroxyl groups is 1. The molecule has 3 aliphatic rings. The van der Waals surface area contributed by atoms with Gasteiger partial charge in [0.2, 0.25) is 0 Å². The van der Waals surface area contributed by atoms with Crippen LogP contribution in [0.3, 0.4) is 0 Å². The van der Waals surface area contributed by atoms with E-state index in [1.807, 2.05) is 6.92 Å². The first-order chi connectivity index (χ1) is 8.54. The molecule has 0 radical (unpaired) electrons. The zero-order valence-electron chi connectivity index (χ0n) is 10.7. The molecule has 102 valence electrons. The largest absolute Gasteiger partial charge is 0.462 e. The second-order valence-electron chi connectivity index (χ2n) is 5.85. The molecule has 1 aliphatic carbocycles. The first-order valence-electron chi connectivity index (χ1n) is 6.70. The van der Waals surface area contributed by atoms with Crippen molar-refractivity contribution in [2.24, 2.45) is 5.41 Å². The van der Waals surface area contributed by atoms with Gasteiger partial charge in [0.1, 0.15) is 6.10 Å². The Balaban J connectivity index is 1.73. The summed E-state index contributed by atoms with van der Waals surface area (Å²) in [5.74, 6) is -0.747. The lowest BCUT2D eigenvalue weighted by molar-refractivity contribution is -0.231. The smallest absolute Gasteiger partial charge is 0.306 e. The van der Waals surface area contributed by atoms with E-state index in [0.29, 0.717) is 32.5 Å². The summed E-state index contributed by atoms with van der Waals surface area (Å²) in [6.45, 7) is 3.20. The number of carbonyl (C=O) groups is 1. The number of hydrogen-bond acceptors (Lipinski definition) is 5. The number of cyclic esters (lactones) is 1. The Kier molecular flexibility index (Phi) is 2.88. The van der Waals surface area contributed by atoms with Crippen LogP contribution in [-0.4, -0.2) is 42.3 Å². The predicted octanol–water partition coefficient (Wildman–Crippen LogP) is 0.986. The molecule has 0 amide bonds. The minimum atomic E-state index is -0.596. The van der Waals surface area contributed by atoms with Crippen molar-refractivity contribution in [3.05, 3.63) is 0 Å². The maximum absolute atomic E-state index is 11.2. The zero-order chi connectivity index (χ0) is 12.8. The molecule has 2 heterocycles. The van der Waals surface area contributed by atoms with Gasteiger partial charge in [0.05, 0.1) is 19.3 Å². The topological polar surface area (TPSA) is 65.0 Å². The van der Waals surface area contributed by atoms with E-state index in [0.717, 1.165) is 12.8 Å². The Morgan fingerprint density at radius 3 is 2.56 bits per heavy atom. The zero-order valence-corrected chi connectivity index (χ0v) is 10.7. The molecule has 2 saturated heterocycles. The van der Waals surface area contributed by atoms with E-state index in [-0.39, 0.29) is 17.5 Å². The van der Waals surface area contributed by atoms with Gasteiger partial charge >= 0.3 is 5.97 Å². The third-order valence-electron chi connectivity index (χ3n) is 4.74. The van der Waals surface area contributed by atoms with Crippen LogP contribution in [-0.2, 0) is 19.0 Å². The van der Waals surface area contributed by atoms with Crippen LogP contribution >= 0.6 is 0 Å². The first kappa shape index (κ1) is 12.4. The van der Waals surface area contributed by atoms with Gasteiger partial charge in [-0.2, -0.15) is 0 Å². The minimum absolute atomic E-state index is 0.151. The second-order valence-corrected chi connectivity index (χ2v) is 5.85. The third-order valence-corrected chi connectivity index (χ3v) is 4.74. The summed E-state index contributed by atoms with van der Waals surface area (Å²) in [5.41, 5.74) is -0.368. The number of ether oxygens (including phenoxy) is 3. The fourth-order valence-electron chi connectivity index (χ4n) is 3.38. The molecular weight excluding hydrogens is 236 g/mol. The van der Waals surface area contributed by atoms with Gasteiger partial charge in [0.15, 0.2) is 5.79 Å². The lowest BCUT2D eigenvalue weighted by Crippen LogP contribution is -2.52. The van der Waals surface area contributed by atoms with Crippen LogP contribution in [0.2, 0.25) is 0 Å². The maximum Gasteiger partial charge on any atom is 0.306 e. The van der Waals surface area contributed by atoms with Crippen molar-refractivity contribution in [2.75, 3.05) is 13.2 Å². The third kappa shape index (κ3) is 1.85. The summed E-state index contributed by atoms with van der Waals surface area (Å²) in [6, 6.07) is 0. The van der Waals surface area contributed by atoms with Crippen LogP contribution in [0.25, 0.3) is 0 Å². The van der Waals surface area contributed by atoms with Crippen LogP contribution in [0.4, 0.5) is 0 Å². The highest BCUT2D eigenvalue weighted by molar-refractivity contribution is 5.71. The molecule has 5 heteroatoms. The Bertz CT molecular complexity index is 349. The Labute approximate surface area is 106 Å². The van der Waals surface area contributed by atoms with Crippen LogP contribution in [0.15, 0.2) is 0 Å². The molecule has 0 unspecified atom stereocenters. The number of esters is 1. The molecule has 2 aliphatic heterocycles. The summed E-state index contributed by atoms with van der Waals surface area (Å²) in [6.07, 6.45) is 2.43. The average molecular weight is 256 g/mol. The van der Waals surface area contributed by atoms with Crippen LogP contribution in [0.5, 0.6) is 0 Å². The SMILES string of the molecule is C[C@]1([C@@H]2CCC(=O)O2)CCC2(C[C@@H]1O)OCCO2. The molecule has 0 aromatic carbocycles. The Morgan fingerprint density at radius 1 is 1.28 bits per heavy atom. The molecule has 1 spiro atoms. The van der Waals surface area contributed by atoms with Crippen molar-refractivity contribution in [3.8, 4) is 0 Å². The van der Waals surface area contributed by atoms with Crippen molar-refractivity contribution < 1.29 is 24.1 Å². The highest BCUT2D eigenvalue weighted by Crippen LogP contribution is 2.49. The van der Waals surface area contributed by atoms with E-state index >= 15 is 0 Å². The van der Waals surface area contributed by atoms with Gasteiger partial charge in [-0.15, -0.1) is 0 Å². The highest BCUT2D eigenvalue weighted by Gasteiger charge is 2.54. The lowest BCUT2D eigenvalue weighted by atomic mass is 9.67. The Morgan fingerprint density at radius 2 is 2.00 bits per heavy atom. The molecule has 0 bridgehead atoms. The second kappa shape index (κ2) is 4.18. The molecule has 0 aromatic heterocycles. The monoisotopic (exact) mass is 256 g/mol. The summed E-state index contributed by atoms with van der Waals surface area (Å²) in [7, 11) is 0. The standard InChI is InChI=1S/C13H20O5/c1-12(10-2-3-11(15)18-10)4-5-13(8-9(12)14)16-6-7-17-13/h9-10,14H,2-8H2,1H3/t9-,10-,12-/m0/s1. The number of hydrogen-bond donors (Lipinski definition) is 1. The van der Waals surface area contributed by atoms with Crippen LogP contribution in [0, 0.1) is 5.41 Å². The highest BCUT2D eigenvalue weighted by atomic mass is 16.7. The van der Waals surface area contributed by atoms with Crippen LogP contribution in [0.1, 0.15) is 39.0 Å². The summed E-state index contributed by atoms with van der Waals surface area (Å²) < 4.78 is 16.6. The van der Waals surface area contributed by atoms with E-state index in [4.69, 9.17) is 14.2 Å². The fourth-order valence-corrected chi connectivity index (χ4v) is 3.38. The van der Waals surface area contributed by atoms with Gasteiger partial charge in [-0.05, 0) is 12.8 Å². The molecular formula is C13H20O5. The molecule has 3 rings (SSSR count). The van der Waals surface area contributed by atoms with Gasteiger partial charge < -0.3 is 19.3 Å². The van der Waals surface area contributed by atoms with E-state index in [1.165, 1.54) is 0 Å². The normalized spacial score (nSPS) is 43.3. The Hall–Kier alpha value is -0.650. The average Bonchev–Trinajstić information content (AvgIpc) is 2.95. The van der Waals surface area contributed by atoms with Gasteiger partial charge in [-0.1, -0.05) is 6.92 Å². The number of rotatable bonds is 1. The first-order valence-corrected chi connectivity index (χ1v) is 6.70. The minimum Gasteiger partial charge on any atom is -0.462 e. The molecule has 3 fully saturated rings. The van der Waals surface area contributed by atoms with Gasteiger partial charge in [0, 0.05) is 24.7 Å². The van der Waals surface area contributed by atoms with Gasteiger partial charge in [-0.25, -0.2) is 0 Å². The van der Waals surface area contributed by atoms with Crippen molar-refractivity contribution in [2.45, 2.75) is 57.0 Å². The quantitative estimate of drug-likeness (QED) is 0.709. The van der Waals surface area contributed by atoms with Gasteiger partial charge in [-0.3, -0.25) is 4.79 Å². The molecule has 1 N–H and O–H groups in total. The van der Waals surface area contributed by atoms with E-state index < -0.39 is 11.9 Å². The van der Waals surface area contributed by atoms with Crippen molar-refractivity contribution in [1.82, 2.24) is 0 Å². The van der Waals surface area contributed by atoms with E-state index in [1.54, 1.807) is 0 Å². The van der Waals surface area contributed by atoms with Crippen molar-refractivity contribution in [3.63, 3.8) is 0 Å². The van der Waals surface area contributed by atoms with E-state index in [9.17, 15) is 9.90 Å². The molecule has 0 aromatic rings. The molecule has 18 heavy (non-hydrogen) atoms. The summed E-state index contributed by atoms with van der Waals surface area (Å²) in [4.78, 5) is 11.2. The van der Waals surface area contributed by atoms with Crippen LogP contribution < -0.4 is 0 Å². The summed E-state index contributed by atoms with van der Waals surface area (Å²) in [5, 5.41) is 10.4. The molecule has 5 nitrogen and oxygen atoms in total. The lowest BCUT2D eigenvalue weighted by Gasteiger charge is -2.47. The molecule has 1 saturated carbocycles. The van der Waals surface area contributed by atoms with Gasteiger partial charge in [0.25, 0.3) is 0 Å². The number of aliphatic hydroxyl groups excluding tert-OH is 1. The van der Waals surface area contributed by atoms with Crippen molar-refractivity contribution >= 4 is 5.97 Å². The summed E-state index contributed by atoms with van der Waals surface area (Å²) >= 11 is 0. The molecule has 3 atom stereocenters.